The van der Waals surface area contributed by atoms with Gasteiger partial charge in [0.25, 0.3) is 10.1 Å². The van der Waals surface area contributed by atoms with E-state index >= 15 is 0 Å². The van der Waals surface area contributed by atoms with Crippen molar-refractivity contribution in [1.82, 2.24) is 0 Å². The fraction of sp³-hybridized carbons (Fsp3) is 0.125. The summed E-state index contributed by atoms with van der Waals surface area (Å²) in [6, 6.07) is 11.6. The van der Waals surface area contributed by atoms with E-state index < -0.39 is 15.4 Å². The van der Waals surface area contributed by atoms with Crippen molar-refractivity contribution < 1.29 is 12.6 Å². The third kappa shape index (κ3) is 2.07. The lowest BCUT2D eigenvalue weighted by Gasteiger charge is -2.20. The Kier molecular flexibility index (Phi) is 3.20. The molecule has 0 saturated heterocycles. The van der Waals surface area contributed by atoms with Crippen LogP contribution < -0.4 is 0 Å². The molecule has 1 atom stereocenters. The van der Waals surface area contributed by atoms with Gasteiger partial charge in [-0.25, -0.2) is 0 Å². The minimum Gasteiger partial charge on any atom is -0.265 e. The minimum absolute atomic E-state index is 0.00963. The van der Waals surface area contributed by atoms with Crippen molar-refractivity contribution in [2.75, 3.05) is 6.61 Å². The van der Waals surface area contributed by atoms with Gasteiger partial charge in [0.1, 0.15) is 5.25 Å². The van der Waals surface area contributed by atoms with Gasteiger partial charge in [-0.1, -0.05) is 54.6 Å². The molecule has 0 radical (unpaired) electrons. The van der Waals surface area contributed by atoms with Crippen LogP contribution in [-0.2, 0) is 14.3 Å². The predicted octanol–water partition coefficient (Wildman–Crippen LogP) is 3.44. The molecular weight excluding hydrogens is 272 g/mol. The summed E-state index contributed by atoms with van der Waals surface area (Å²) in [7, 11) is -3.69. The van der Waals surface area contributed by atoms with Crippen LogP contribution in [0.4, 0.5) is 0 Å². The van der Waals surface area contributed by atoms with Gasteiger partial charge in [0.15, 0.2) is 0 Å². The molecule has 3 nitrogen and oxygen atoms in total. The summed E-state index contributed by atoms with van der Waals surface area (Å²) >= 11 is 0. The fourth-order valence-corrected chi connectivity index (χ4v) is 3.75. The van der Waals surface area contributed by atoms with E-state index in [2.05, 4.69) is 6.58 Å². The largest absolute Gasteiger partial charge is 0.278 e. The molecule has 0 saturated carbocycles. The number of rotatable bonds is 4. The first-order chi connectivity index (χ1) is 9.63. The summed E-state index contributed by atoms with van der Waals surface area (Å²) in [4.78, 5) is 0. The maximum absolute atomic E-state index is 12.3. The Morgan fingerprint density at radius 3 is 2.70 bits per heavy atom. The molecule has 20 heavy (non-hydrogen) atoms. The van der Waals surface area contributed by atoms with Crippen molar-refractivity contribution >= 4 is 27.0 Å². The first-order valence-corrected chi connectivity index (χ1v) is 7.79. The summed E-state index contributed by atoms with van der Waals surface area (Å²) in [5.74, 6) is 0. The first kappa shape index (κ1) is 13.1. The molecule has 4 heteroatoms. The van der Waals surface area contributed by atoms with Gasteiger partial charge in [0, 0.05) is 0 Å². The molecule has 3 rings (SSSR count). The smallest absolute Gasteiger partial charge is 0.265 e. The quantitative estimate of drug-likeness (QED) is 0.639. The molecule has 0 fully saturated rings. The van der Waals surface area contributed by atoms with Crippen LogP contribution in [0.15, 0.2) is 55.1 Å². The summed E-state index contributed by atoms with van der Waals surface area (Å²) in [5.41, 5.74) is 1.80. The van der Waals surface area contributed by atoms with E-state index in [1.807, 2.05) is 42.5 Å². The van der Waals surface area contributed by atoms with E-state index in [0.29, 0.717) is 0 Å². The van der Waals surface area contributed by atoms with E-state index in [9.17, 15) is 8.42 Å². The molecule has 2 aromatic rings. The second-order valence-corrected chi connectivity index (χ2v) is 6.37. The molecule has 0 aliphatic heterocycles. The molecular formula is C16H14O3S. The molecule has 0 spiro atoms. The third-order valence-electron chi connectivity index (χ3n) is 3.39. The van der Waals surface area contributed by atoms with E-state index in [0.717, 1.165) is 21.9 Å². The lowest BCUT2D eigenvalue weighted by Crippen LogP contribution is -2.16. The molecule has 0 N–H and O–H groups in total. The lowest BCUT2D eigenvalue weighted by molar-refractivity contribution is 0.353. The molecule has 1 aliphatic carbocycles. The fourth-order valence-electron chi connectivity index (χ4n) is 2.54. The molecule has 0 aromatic heterocycles. The van der Waals surface area contributed by atoms with Crippen LogP contribution in [0.25, 0.3) is 16.8 Å². The zero-order valence-electron chi connectivity index (χ0n) is 10.8. The van der Waals surface area contributed by atoms with Crippen molar-refractivity contribution in [1.29, 1.82) is 0 Å². The Morgan fingerprint density at radius 1 is 1.20 bits per heavy atom. The lowest BCUT2D eigenvalue weighted by atomic mass is 9.93. The second-order valence-electron chi connectivity index (χ2n) is 4.64. The van der Waals surface area contributed by atoms with Crippen LogP contribution in [0.2, 0.25) is 0 Å². The van der Waals surface area contributed by atoms with Crippen LogP contribution >= 0.6 is 0 Å². The first-order valence-electron chi connectivity index (χ1n) is 6.32. The Labute approximate surface area is 118 Å². The van der Waals surface area contributed by atoms with Crippen LogP contribution in [-0.4, -0.2) is 15.0 Å². The highest BCUT2D eigenvalue weighted by Gasteiger charge is 2.29. The van der Waals surface area contributed by atoms with Crippen molar-refractivity contribution in [3.8, 4) is 0 Å². The van der Waals surface area contributed by atoms with Gasteiger partial charge < -0.3 is 0 Å². The van der Waals surface area contributed by atoms with Crippen molar-refractivity contribution in [3.63, 3.8) is 0 Å². The third-order valence-corrected chi connectivity index (χ3v) is 4.89. The molecule has 0 amide bonds. The highest BCUT2D eigenvalue weighted by Crippen LogP contribution is 2.37. The van der Waals surface area contributed by atoms with E-state index in [1.54, 1.807) is 6.08 Å². The Bertz CT molecular complexity index is 798. The monoisotopic (exact) mass is 286 g/mol. The van der Waals surface area contributed by atoms with Gasteiger partial charge in [-0.2, -0.15) is 8.42 Å². The Hall–Kier alpha value is -1.91. The summed E-state index contributed by atoms with van der Waals surface area (Å²) in [6.45, 7) is 3.47. The highest BCUT2D eigenvalue weighted by atomic mass is 32.2. The Morgan fingerprint density at radius 2 is 1.95 bits per heavy atom. The van der Waals surface area contributed by atoms with E-state index in [1.165, 1.54) is 6.08 Å². The number of hydrogen-bond donors (Lipinski definition) is 0. The van der Waals surface area contributed by atoms with Gasteiger partial charge >= 0.3 is 0 Å². The van der Waals surface area contributed by atoms with Crippen molar-refractivity contribution in [3.05, 3.63) is 66.3 Å². The summed E-state index contributed by atoms with van der Waals surface area (Å²) < 4.78 is 29.5. The standard InChI is InChI=1S/C16H14O3S/c1-2-11-19-20(17,18)15-10-9-13-6-3-5-12-7-4-8-14(15)16(12)13/h2-10,15H,1,11H2. The van der Waals surface area contributed by atoms with E-state index in [-0.39, 0.29) is 6.61 Å². The van der Waals surface area contributed by atoms with Gasteiger partial charge in [0.05, 0.1) is 6.61 Å². The van der Waals surface area contributed by atoms with Gasteiger partial charge in [-0.3, -0.25) is 4.18 Å². The number of benzene rings is 2. The summed E-state index contributed by atoms with van der Waals surface area (Å²) in [6.07, 6.45) is 4.95. The number of hydrogen-bond acceptors (Lipinski definition) is 3. The van der Waals surface area contributed by atoms with Crippen LogP contribution in [0.3, 0.4) is 0 Å². The molecule has 0 heterocycles. The average Bonchev–Trinajstić information content (AvgIpc) is 2.46. The minimum atomic E-state index is -3.69. The van der Waals surface area contributed by atoms with Crippen LogP contribution in [0.5, 0.6) is 0 Å². The molecule has 0 bridgehead atoms. The highest BCUT2D eigenvalue weighted by molar-refractivity contribution is 7.87. The van der Waals surface area contributed by atoms with Gasteiger partial charge in [0.2, 0.25) is 0 Å². The normalized spacial score (nSPS) is 17.3. The van der Waals surface area contributed by atoms with Gasteiger partial charge in [-0.15, -0.1) is 6.58 Å². The molecule has 102 valence electrons. The maximum Gasteiger partial charge on any atom is 0.278 e. The zero-order chi connectivity index (χ0) is 14.2. The Balaban J connectivity index is 2.17. The second kappa shape index (κ2) is 4.89. The maximum atomic E-state index is 12.3. The SMILES string of the molecule is C=CCOS(=O)(=O)C1C=Cc2cccc3cccc1c23. The van der Waals surface area contributed by atoms with Crippen LogP contribution in [0.1, 0.15) is 16.4 Å². The van der Waals surface area contributed by atoms with Crippen molar-refractivity contribution in [2.24, 2.45) is 0 Å². The van der Waals surface area contributed by atoms with Crippen LogP contribution in [0, 0.1) is 0 Å². The molecule has 1 aliphatic rings. The predicted molar refractivity (Wildman–Crippen MR) is 80.8 cm³/mol. The zero-order valence-corrected chi connectivity index (χ0v) is 11.6. The van der Waals surface area contributed by atoms with E-state index in [4.69, 9.17) is 4.18 Å². The molecule has 2 aromatic carbocycles. The van der Waals surface area contributed by atoms with Crippen molar-refractivity contribution in [2.45, 2.75) is 5.25 Å². The topological polar surface area (TPSA) is 43.4 Å². The average molecular weight is 286 g/mol. The summed E-state index contributed by atoms with van der Waals surface area (Å²) in [5, 5.41) is 1.25. The van der Waals surface area contributed by atoms with Gasteiger partial charge in [-0.05, 0) is 21.9 Å². The molecule has 1 unspecified atom stereocenters.